The molecule has 1 saturated heterocycles. The Balaban J connectivity index is 2.41. The molecule has 78 valence electrons. The molecule has 0 unspecified atom stereocenters. The van der Waals surface area contributed by atoms with Crippen LogP contribution in [0.15, 0.2) is 0 Å². The van der Waals surface area contributed by atoms with Gasteiger partial charge < -0.3 is 5.32 Å². The zero-order valence-corrected chi connectivity index (χ0v) is 8.82. The first-order valence-corrected chi connectivity index (χ1v) is 5.98. The van der Waals surface area contributed by atoms with E-state index in [1.54, 1.807) is 13.8 Å². The molecule has 0 bridgehead atoms. The molecule has 5 nitrogen and oxygen atoms in total. The van der Waals surface area contributed by atoms with Crippen molar-refractivity contribution in [1.29, 1.82) is 0 Å². The van der Waals surface area contributed by atoms with E-state index < -0.39 is 10.2 Å². The van der Waals surface area contributed by atoms with Gasteiger partial charge in [-0.1, -0.05) is 0 Å². The fourth-order valence-corrected chi connectivity index (χ4v) is 2.65. The smallest absolute Gasteiger partial charge is 0.277 e. The van der Waals surface area contributed by atoms with Crippen molar-refractivity contribution < 1.29 is 8.42 Å². The molecule has 0 amide bonds. The number of hydrogen-bond donors (Lipinski definition) is 3. The van der Waals surface area contributed by atoms with Crippen molar-refractivity contribution in [1.82, 2.24) is 14.8 Å². The van der Waals surface area contributed by atoms with Crippen LogP contribution in [0.4, 0.5) is 0 Å². The molecule has 13 heavy (non-hydrogen) atoms. The highest BCUT2D eigenvalue weighted by Crippen LogP contribution is 1.98. The Bertz CT molecular complexity index is 244. The number of rotatable bonds is 4. The molecule has 1 rings (SSSR count). The Morgan fingerprint density at radius 1 is 1.46 bits per heavy atom. The largest absolute Gasteiger partial charge is 0.315 e. The minimum absolute atomic E-state index is 0.0382. The molecule has 0 aromatic heterocycles. The Hall–Kier alpha value is -0.170. The van der Waals surface area contributed by atoms with Gasteiger partial charge in [0, 0.05) is 18.6 Å². The Morgan fingerprint density at radius 2 is 2.15 bits per heavy atom. The summed E-state index contributed by atoms with van der Waals surface area (Å²) in [6, 6.07) is -0.0249. The van der Waals surface area contributed by atoms with Crippen molar-refractivity contribution in [3.05, 3.63) is 0 Å². The molecule has 0 aliphatic carbocycles. The van der Waals surface area contributed by atoms with Gasteiger partial charge in [0.05, 0.1) is 0 Å². The lowest BCUT2D eigenvalue weighted by atomic mass is 10.3. The lowest BCUT2D eigenvalue weighted by molar-refractivity contribution is 0.536. The van der Waals surface area contributed by atoms with Crippen molar-refractivity contribution in [3.63, 3.8) is 0 Å². The van der Waals surface area contributed by atoms with Crippen molar-refractivity contribution >= 4 is 10.2 Å². The fourth-order valence-electron chi connectivity index (χ4n) is 1.32. The van der Waals surface area contributed by atoms with E-state index in [4.69, 9.17) is 0 Å². The van der Waals surface area contributed by atoms with Crippen molar-refractivity contribution in [3.8, 4) is 0 Å². The van der Waals surface area contributed by atoms with Gasteiger partial charge >= 0.3 is 0 Å². The molecule has 1 heterocycles. The van der Waals surface area contributed by atoms with Crippen LogP contribution in [-0.2, 0) is 10.2 Å². The van der Waals surface area contributed by atoms with Gasteiger partial charge in [-0.05, 0) is 26.8 Å². The van der Waals surface area contributed by atoms with Gasteiger partial charge in [-0.25, -0.2) is 0 Å². The van der Waals surface area contributed by atoms with Gasteiger partial charge in [0.1, 0.15) is 0 Å². The first-order chi connectivity index (χ1) is 5.99. The summed E-state index contributed by atoms with van der Waals surface area (Å²) in [6.07, 6.45) is 0.860. The van der Waals surface area contributed by atoms with Crippen molar-refractivity contribution in [2.24, 2.45) is 0 Å². The van der Waals surface area contributed by atoms with E-state index in [-0.39, 0.29) is 12.1 Å². The summed E-state index contributed by atoms with van der Waals surface area (Å²) in [5.41, 5.74) is 0. The summed E-state index contributed by atoms with van der Waals surface area (Å²) in [5, 5.41) is 3.09. The molecule has 3 N–H and O–H groups in total. The van der Waals surface area contributed by atoms with E-state index in [1.807, 2.05) is 0 Å². The van der Waals surface area contributed by atoms with Crippen molar-refractivity contribution in [2.75, 3.05) is 13.1 Å². The van der Waals surface area contributed by atoms with Crippen LogP contribution in [0.5, 0.6) is 0 Å². The van der Waals surface area contributed by atoms with Gasteiger partial charge in [0.25, 0.3) is 10.2 Å². The third-order valence-corrected chi connectivity index (χ3v) is 3.20. The van der Waals surface area contributed by atoms with Crippen LogP contribution in [0, 0.1) is 0 Å². The Morgan fingerprint density at radius 3 is 2.62 bits per heavy atom. The summed E-state index contributed by atoms with van der Waals surface area (Å²) < 4.78 is 27.8. The molecule has 6 heteroatoms. The molecule has 0 aromatic rings. The molecule has 1 fully saturated rings. The van der Waals surface area contributed by atoms with Crippen LogP contribution < -0.4 is 14.8 Å². The van der Waals surface area contributed by atoms with E-state index in [2.05, 4.69) is 14.8 Å². The van der Waals surface area contributed by atoms with Gasteiger partial charge in [-0.3, -0.25) is 0 Å². The van der Waals surface area contributed by atoms with Crippen LogP contribution in [0.25, 0.3) is 0 Å². The maximum absolute atomic E-state index is 11.3. The molecule has 1 aliphatic heterocycles. The lowest BCUT2D eigenvalue weighted by Gasteiger charge is -2.14. The third-order valence-electron chi connectivity index (χ3n) is 1.77. The maximum Gasteiger partial charge on any atom is 0.277 e. The van der Waals surface area contributed by atoms with Gasteiger partial charge in [-0.15, -0.1) is 0 Å². The van der Waals surface area contributed by atoms with Gasteiger partial charge in [0.2, 0.25) is 0 Å². The lowest BCUT2D eigenvalue weighted by Crippen LogP contribution is -2.45. The van der Waals surface area contributed by atoms with Gasteiger partial charge in [-0.2, -0.15) is 17.9 Å². The van der Waals surface area contributed by atoms with E-state index in [0.717, 1.165) is 19.5 Å². The highest BCUT2D eigenvalue weighted by atomic mass is 32.2. The monoisotopic (exact) mass is 207 g/mol. The number of nitrogens with one attached hydrogen (secondary N) is 3. The SMILES string of the molecule is CC(C)NS(=O)(=O)N[C@H]1CCNC1. The minimum atomic E-state index is -3.30. The van der Waals surface area contributed by atoms with Crippen LogP contribution in [0.3, 0.4) is 0 Å². The molecule has 1 atom stereocenters. The van der Waals surface area contributed by atoms with E-state index >= 15 is 0 Å². The molecular weight excluding hydrogens is 190 g/mol. The average Bonchev–Trinajstić information content (AvgIpc) is 2.34. The second-order valence-corrected chi connectivity index (χ2v) is 5.06. The van der Waals surface area contributed by atoms with E-state index in [9.17, 15) is 8.42 Å². The molecular formula is C7H17N3O2S. The van der Waals surface area contributed by atoms with E-state index in [1.165, 1.54) is 0 Å². The first-order valence-electron chi connectivity index (χ1n) is 4.50. The predicted molar refractivity (Wildman–Crippen MR) is 51.6 cm³/mol. The summed E-state index contributed by atoms with van der Waals surface area (Å²) in [6.45, 7) is 5.20. The zero-order chi connectivity index (χ0) is 9.90. The highest BCUT2D eigenvalue weighted by molar-refractivity contribution is 7.87. The summed E-state index contributed by atoms with van der Waals surface area (Å²) in [5.74, 6) is 0. The van der Waals surface area contributed by atoms with Gasteiger partial charge in [0.15, 0.2) is 0 Å². The normalized spacial score (nSPS) is 24.1. The Labute approximate surface area is 79.5 Å². The highest BCUT2D eigenvalue weighted by Gasteiger charge is 2.20. The predicted octanol–water partition coefficient (Wildman–Crippen LogP) is -0.819. The quantitative estimate of drug-likeness (QED) is 0.564. The van der Waals surface area contributed by atoms with Crippen LogP contribution in [-0.4, -0.2) is 33.6 Å². The summed E-state index contributed by atoms with van der Waals surface area (Å²) in [7, 11) is -3.30. The topological polar surface area (TPSA) is 70.2 Å². The minimum Gasteiger partial charge on any atom is -0.315 e. The third kappa shape index (κ3) is 4.04. The zero-order valence-electron chi connectivity index (χ0n) is 8.00. The van der Waals surface area contributed by atoms with Crippen LogP contribution >= 0.6 is 0 Å². The standard InChI is InChI=1S/C7H17N3O2S/c1-6(2)9-13(11,12)10-7-3-4-8-5-7/h6-10H,3-5H2,1-2H3/t7-/m0/s1. The second kappa shape index (κ2) is 4.36. The summed E-state index contributed by atoms with van der Waals surface area (Å²) in [4.78, 5) is 0. The van der Waals surface area contributed by atoms with E-state index in [0.29, 0.717) is 0 Å². The van der Waals surface area contributed by atoms with Crippen LogP contribution in [0.1, 0.15) is 20.3 Å². The molecule has 0 aromatic carbocycles. The summed E-state index contributed by atoms with van der Waals surface area (Å²) >= 11 is 0. The maximum atomic E-state index is 11.3. The van der Waals surface area contributed by atoms with Crippen LogP contribution in [0.2, 0.25) is 0 Å². The molecule has 0 saturated carbocycles. The van der Waals surface area contributed by atoms with Crippen molar-refractivity contribution in [2.45, 2.75) is 32.4 Å². The molecule has 0 radical (unpaired) electrons. The fraction of sp³-hybridized carbons (Fsp3) is 1.00. The Kier molecular flexibility index (Phi) is 3.66. The molecule has 1 aliphatic rings. The average molecular weight is 207 g/mol. The molecule has 0 spiro atoms. The second-order valence-electron chi connectivity index (χ2n) is 3.58. The first kappa shape index (κ1) is 10.9. The number of hydrogen-bond acceptors (Lipinski definition) is 3.